The van der Waals surface area contributed by atoms with Gasteiger partial charge < -0.3 is 4.42 Å². The van der Waals surface area contributed by atoms with E-state index in [2.05, 4.69) is 188 Å². The Morgan fingerprint density at radius 2 is 0.860 bits per heavy atom. The molecule has 4 nitrogen and oxygen atoms in total. The summed E-state index contributed by atoms with van der Waals surface area (Å²) >= 11 is 0. The number of aromatic nitrogens is 3. The maximum atomic E-state index is 6.44. The third-order valence-electron chi connectivity index (χ3n) is 10.9. The number of benzene rings is 9. The lowest BCUT2D eigenvalue weighted by atomic mass is 9.98. The van der Waals surface area contributed by atoms with Gasteiger partial charge in [0.15, 0.2) is 17.5 Å². The first-order chi connectivity index (χ1) is 28.2. The van der Waals surface area contributed by atoms with Gasteiger partial charge in [-0.1, -0.05) is 170 Å². The van der Waals surface area contributed by atoms with Crippen molar-refractivity contribution in [2.24, 2.45) is 0 Å². The first-order valence-electron chi connectivity index (χ1n) is 19.2. The molecule has 4 heteroatoms. The van der Waals surface area contributed by atoms with Crippen LogP contribution in [-0.2, 0) is 0 Å². The van der Waals surface area contributed by atoms with Gasteiger partial charge in [-0.3, -0.25) is 0 Å². The molecule has 266 valence electrons. The Kier molecular flexibility index (Phi) is 7.78. The average Bonchev–Trinajstić information content (AvgIpc) is 3.67. The van der Waals surface area contributed by atoms with Gasteiger partial charge in [-0.2, -0.15) is 0 Å². The Balaban J connectivity index is 0.996. The number of hydrogen-bond acceptors (Lipinski definition) is 4. The van der Waals surface area contributed by atoms with E-state index < -0.39 is 0 Å². The van der Waals surface area contributed by atoms with Crippen molar-refractivity contribution in [3.8, 4) is 67.5 Å². The second kappa shape index (κ2) is 13.6. The van der Waals surface area contributed by atoms with E-state index in [9.17, 15) is 0 Å². The van der Waals surface area contributed by atoms with E-state index in [1.807, 2.05) is 12.1 Å². The number of furan rings is 1. The van der Waals surface area contributed by atoms with Crippen molar-refractivity contribution in [1.29, 1.82) is 0 Å². The van der Waals surface area contributed by atoms with Gasteiger partial charge in [0.1, 0.15) is 11.2 Å². The summed E-state index contributed by atoms with van der Waals surface area (Å²) in [6.45, 7) is 0. The van der Waals surface area contributed by atoms with Gasteiger partial charge >= 0.3 is 0 Å². The molecule has 0 spiro atoms. The van der Waals surface area contributed by atoms with Crippen LogP contribution in [0.5, 0.6) is 0 Å². The summed E-state index contributed by atoms with van der Waals surface area (Å²) in [6, 6.07) is 69.9. The van der Waals surface area contributed by atoms with E-state index in [0.29, 0.717) is 17.5 Å². The van der Waals surface area contributed by atoms with Gasteiger partial charge in [0, 0.05) is 27.5 Å². The van der Waals surface area contributed by atoms with Gasteiger partial charge in [-0.05, 0) is 85.3 Å². The van der Waals surface area contributed by atoms with Crippen LogP contribution < -0.4 is 0 Å². The fourth-order valence-corrected chi connectivity index (χ4v) is 8.06. The van der Waals surface area contributed by atoms with Crippen LogP contribution in [-0.4, -0.2) is 15.0 Å². The molecule has 0 amide bonds. The first kappa shape index (κ1) is 32.7. The van der Waals surface area contributed by atoms with Gasteiger partial charge in [-0.15, -0.1) is 0 Å². The van der Waals surface area contributed by atoms with Crippen molar-refractivity contribution in [3.63, 3.8) is 0 Å². The van der Waals surface area contributed by atoms with E-state index in [4.69, 9.17) is 19.4 Å². The highest BCUT2D eigenvalue weighted by Gasteiger charge is 2.17. The molecule has 11 rings (SSSR count). The molecule has 0 radical (unpaired) electrons. The minimum absolute atomic E-state index is 0.617. The normalized spacial score (nSPS) is 11.5. The summed E-state index contributed by atoms with van der Waals surface area (Å²) in [7, 11) is 0. The van der Waals surface area contributed by atoms with Gasteiger partial charge in [-0.25, -0.2) is 15.0 Å². The predicted molar refractivity (Wildman–Crippen MR) is 235 cm³/mol. The second-order valence-electron chi connectivity index (χ2n) is 14.4. The molecule has 9 aromatic carbocycles. The Morgan fingerprint density at radius 3 is 1.74 bits per heavy atom. The highest BCUT2D eigenvalue weighted by Crippen LogP contribution is 2.39. The molecule has 11 aromatic rings. The molecule has 0 saturated heterocycles. The van der Waals surface area contributed by atoms with Crippen LogP contribution in [0.3, 0.4) is 0 Å². The molecule has 0 unspecified atom stereocenters. The van der Waals surface area contributed by atoms with Crippen LogP contribution >= 0.6 is 0 Å². The minimum Gasteiger partial charge on any atom is -0.456 e. The molecule has 0 aliphatic heterocycles. The van der Waals surface area contributed by atoms with Crippen molar-refractivity contribution in [3.05, 3.63) is 200 Å². The standard InChI is InChI=1S/C53H33N3O/c1-2-12-37(13-3-1)45-20-10-22-48-50(45)47-30-29-42(33-49(47)57-48)35-23-26-38(27-24-35)51-54-52(56-53(55-51)46-21-9-16-36-14-6-7-19-44(36)46)43-18-8-17-40(32-43)41-28-25-34-11-4-5-15-39(34)31-41/h1-33H. The SMILES string of the molecule is c1ccc(-c2cccc3oc4cc(-c5ccc(-c6nc(-c7cccc(-c8ccc9ccccc9c8)c7)nc(-c7cccc8ccccc78)n6)cc5)ccc4c23)cc1. The molecule has 0 N–H and O–H groups in total. The van der Waals surface area contributed by atoms with Crippen LogP contribution in [0.4, 0.5) is 0 Å². The highest BCUT2D eigenvalue weighted by molar-refractivity contribution is 6.13. The van der Waals surface area contributed by atoms with Crippen molar-refractivity contribution in [1.82, 2.24) is 15.0 Å². The van der Waals surface area contributed by atoms with Crippen LogP contribution in [0.25, 0.3) is 111 Å². The third-order valence-corrected chi connectivity index (χ3v) is 10.9. The van der Waals surface area contributed by atoms with Crippen molar-refractivity contribution < 1.29 is 4.42 Å². The molecule has 57 heavy (non-hydrogen) atoms. The van der Waals surface area contributed by atoms with E-state index in [1.54, 1.807) is 0 Å². The summed E-state index contributed by atoms with van der Waals surface area (Å²) in [5, 5.41) is 6.90. The third kappa shape index (κ3) is 5.92. The van der Waals surface area contributed by atoms with E-state index >= 15 is 0 Å². The molecular weight excluding hydrogens is 695 g/mol. The molecule has 0 aliphatic carbocycles. The smallest absolute Gasteiger partial charge is 0.164 e. The largest absolute Gasteiger partial charge is 0.456 e. The zero-order chi connectivity index (χ0) is 37.7. The molecule has 0 fully saturated rings. The Labute approximate surface area is 329 Å². The summed E-state index contributed by atoms with van der Waals surface area (Å²) in [5.74, 6) is 1.88. The summed E-state index contributed by atoms with van der Waals surface area (Å²) in [5.41, 5.74) is 11.3. The Bertz CT molecular complexity index is 3290. The summed E-state index contributed by atoms with van der Waals surface area (Å²) in [6.07, 6.45) is 0. The van der Waals surface area contributed by atoms with E-state index in [1.165, 1.54) is 21.9 Å². The molecule has 0 aliphatic rings. The number of rotatable bonds is 6. The highest BCUT2D eigenvalue weighted by atomic mass is 16.3. The van der Waals surface area contributed by atoms with Gasteiger partial charge in [0.2, 0.25) is 0 Å². The lowest BCUT2D eigenvalue weighted by Gasteiger charge is -2.12. The summed E-state index contributed by atoms with van der Waals surface area (Å²) < 4.78 is 6.44. The topological polar surface area (TPSA) is 51.8 Å². The van der Waals surface area contributed by atoms with E-state index in [0.717, 1.165) is 71.7 Å². The fraction of sp³-hybridized carbons (Fsp3) is 0. The number of fused-ring (bicyclic) bond motifs is 5. The maximum absolute atomic E-state index is 6.44. The van der Waals surface area contributed by atoms with E-state index in [-0.39, 0.29) is 0 Å². The second-order valence-corrected chi connectivity index (χ2v) is 14.4. The monoisotopic (exact) mass is 727 g/mol. The van der Waals surface area contributed by atoms with Crippen molar-refractivity contribution in [2.45, 2.75) is 0 Å². The van der Waals surface area contributed by atoms with Crippen LogP contribution in [0.15, 0.2) is 205 Å². The summed E-state index contributed by atoms with van der Waals surface area (Å²) in [4.78, 5) is 15.4. The number of hydrogen-bond donors (Lipinski definition) is 0. The molecule has 2 heterocycles. The van der Waals surface area contributed by atoms with Crippen molar-refractivity contribution in [2.75, 3.05) is 0 Å². The molecule has 0 bridgehead atoms. The minimum atomic E-state index is 0.617. The lowest BCUT2D eigenvalue weighted by Crippen LogP contribution is -2.00. The molecular formula is C53H33N3O. The van der Waals surface area contributed by atoms with Crippen LogP contribution in [0, 0.1) is 0 Å². The predicted octanol–water partition coefficient (Wildman–Crippen LogP) is 14.1. The Hall–Kier alpha value is -7.69. The lowest BCUT2D eigenvalue weighted by molar-refractivity contribution is 0.669. The van der Waals surface area contributed by atoms with Crippen LogP contribution in [0.1, 0.15) is 0 Å². The zero-order valence-corrected chi connectivity index (χ0v) is 30.8. The molecule has 2 aromatic heterocycles. The van der Waals surface area contributed by atoms with Crippen molar-refractivity contribution >= 4 is 43.5 Å². The zero-order valence-electron chi connectivity index (χ0n) is 30.8. The molecule has 0 atom stereocenters. The van der Waals surface area contributed by atoms with Crippen LogP contribution in [0.2, 0.25) is 0 Å². The fourth-order valence-electron chi connectivity index (χ4n) is 8.06. The quantitative estimate of drug-likeness (QED) is 0.171. The van der Waals surface area contributed by atoms with Gasteiger partial charge in [0.25, 0.3) is 0 Å². The Morgan fingerprint density at radius 1 is 0.281 bits per heavy atom. The van der Waals surface area contributed by atoms with Gasteiger partial charge in [0.05, 0.1) is 0 Å². The molecule has 0 saturated carbocycles. The average molecular weight is 728 g/mol. The maximum Gasteiger partial charge on any atom is 0.164 e. The number of nitrogens with zero attached hydrogens (tertiary/aromatic N) is 3. The first-order valence-corrected chi connectivity index (χ1v) is 19.2.